The predicted octanol–water partition coefficient (Wildman–Crippen LogP) is 4.54. The van der Waals surface area contributed by atoms with Crippen molar-refractivity contribution in [2.75, 3.05) is 14.1 Å². The fourth-order valence-electron chi connectivity index (χ4n) is 3.99. The lowest BCUT2D eigenvalue weighted by atomic mass is 9.89. The smallest absolute Gasteiger partial charge is 0.377 e. The Hall–Kier alpha value is -1.63. The van der Waals surface area contributed by atoms with Crippen molar-refractivity contribution in [3.05, 3.63) is 0 Å². The second kappa shape index (κ2) is 12.9. The third-order valence-electron chi connectivity index (χ3n) is 6.84. The highest BCUT2D eigenvalue weighted by molar-refractivity contribution is 6.01. The minimum Gasteiger partial charge on any atom is -0.476 e. The average Bonchev–Trinajstić information content (AvgIpc) is 2.65. The normalized spacial score (nSPS) is 14.2. The van der Waals surface area contributed by atoms with Crippen molar-refractivity contribution in [3.63, 3.8) is 0 Å². The molecule has 0 aromatic carbocycles. The first kappa shape index (κ1) is 28.4. The monoisotopic (exact) mass is 429 g/mol. The summed E-state index contributed by atoms with van der Waals surface area (Å²) >= 11 is 0. The van der Waals surface area contributed by atoms with Crippen LogP contribution in [0.25, 0.3) is 0 Å². The number of carbonyl (C=O) groups is 3. The number of unbranched alkanes of at least 4 members (excludes halogenated alkanes) is 8. The Labute approximate surface area is 182 Å². The van der Waals surface area contributed by atoms with Gasteiger partial charge in [0.05, 0.1) is 14.1 Å². The standard InChI is InChI=1S/C23H44N2O5/c1-7-9-10-11-12-13-14-15-16-17-19(26)24-22(3,18-8-2)25(5,6)23(4,20(27)28)21(29)30/h7-18H2,1-6H3,(H2-,24,26,27,28,29,30)/p+1. The van der Waals surface area contributed by atoms with E-state index in [1.807, 2.05) is 6.92 Å². The van der Waals surface area contributed by atoms with Crippen LogP contribution in [0.2, 0.25) is 0 Å². The molecule has 0 spiro atoms. The maximum Gasteiger partial charge on any atom is 0.377 e. The summed E-state index contributed by atoms with van der Waals surface area (Å²) in [4.78, 5) is 36.4. The van der Waals surface area contributed by atoms with Gasteiger partial charge >= 0.3 is 11.9 Å². The van der Waals surface area contributed by atoms with Gasteiger partial charge in [0, 0.05) is 26.7 Å². The maximum absolute atomic E-state index is 12.6. The third kappa shape index (κ3) is 7.25. The number of rotatable bonds is 17. The molecule has 0 aliphatic rings. The molecule has 0 aliphatic carbocycles. The lowest BCUT2D eigenvalue weighted by molar-refractivity contribution is -0.971. The van der Waals surface area contributed by atoms with Crippen LogP contribution in [0.3, 0.4) is 0 Å². The minimum absolute atomic E-state index is 0.154. The highest BCUT2D eigenvalue weighted by Gasteiger charge is 2.63. The van der Waals surface area contributed by atoms with Crippen LogP contribution in [0.1, 0.15) is 105 Å². The van der Waals surface area contributed by atoms with Crippen LogP contribution >= 0.6 is 0 Å². The van der Waals surface area contributed by atoms with E-state index in [2.05, 4.69) is 12.2 Å². The van der Waals surface area contributed by atoms with Crippen molar-refractivity contribution in [1.29, 1.82) is 0 Å². The van der Waals surface area contributed by atoms with Crippen LogP contribution in [0.15, 0.2) is 0 Å². The van der Waals surface area contributed by atoms with Crippen molar-refractivity contribution in [2.24, 2.45) is 0 Å². The number of hydrogen-bond acceptors (Lipinski definition) is 3. The molecule has 176 valence electrons. The molecule has 1 atom stereocenters. The maximum atomic E-state index is 12.6. The van der Waals surface area contributed by atoms with Gasteiger partial charge in [-0.3, -0.25) is 9.28 Å². The fraction of sp³-hybridized carbons (Fsp3) is 0.870. The van der Waals surface area contributed by atoms with Gasteiger partial charge in [-0.05, 0) is 12.8 Å². The van der Waals surface area contributed by atoms with E-state index in [4.69, 9.17) is 0 Å². The SMILES string of the molecule is CCCCCCCCCCCC(=O)NC(C)(CCC)[N+](C)(C)C(C)(C(=O)O)C(=O)O. The molecule has 1 unspecified atom stereocenters. The number of hydrogen-bond donors (Lipinski definition) is 3. The van der Waals surface area contributed by atoms with Gasteiger partial charge < -0.3 is 15.5 Å². The molecule has 0 bridgehead atoms. The zero-order valence-electron chi connectivity index (χ0n) is 20.1. The lowest BCUT2D eigenvalue weighted by Gasteiger charge is -2.52. The minimum atomic E-state index is -2.09. The Bertz CT molecular complexity index is 548. The molecule has 0 saturated heterocycles. The first-order valence-corrected chi connectivity index (χ1v) is 11.5. The number of aliphatic carboxylic acids is 2. The van der Waals surface area contributed by atoms with E-state index in [0.29, 0.717) is 19.3 Å². The molecule has 0 aromatic rings. The van der Waals surface area contributed by atoms with E-state index in [-0.39, 0.29) is 10.4 Å². The van der Waals surface area contributed by atoms with Crippen LogP contribution in [0.5, 0.6) is 0 Å². The van der Waals surface area contributed by atoms with E-state index in [9.17, 15) is 24.6 Å². The van der Waals surface area contributed by atoms with Crippen LogP contribution in [0, 0.1) is 0 Å². The Morgan fingerprint density at radius 3 is 1.60 bits per heavy atom. The average molecular weight is 430 g/mol. The number of carboxylic acid groups (broad SMARTS) is 2. The van der Waals surface area contributed by atoms with Gasteiger partial charge in [-0.2, -0.15) is 0 Å². The third-order valence-corrected chi connectivity index (χ3v) is 6.84. The Morgan fingerprint density at radius 2 is 1.20 bits per heavy atom. The van der Waals surface area contributed by atoms with E-state index in [0.717, 1.165) is 19.3 Å². The highest BCUT2D eigenvalue weighted by atomic mass is 16.4. The summed E-state index contributed by atoms with van der Waals surface area (Å²) in [5, 5.41) is 22.4. The summed E-state index contributed by atoms with van der Waals surface area (Å²) < 4.78 is -0.387. The van der Waals surface area contributed by atoms with Crippen LogP contribution in [0.4, 0.5) is 0 Å². The summed E-state index contributed by atoms with van der Waals surface area (Å²) in [6.45, 7) is 7.09. The molecule has 30 heavy (non-hydrogen) atoms. The molecule has 7 heteroatoms. The summed E-state index contributed by atoms with van der Waals surface area (Å²) in [7, 11) is 3.13. The molecule has 1 amide bonds. The second-order valence-corrected chi connectivity index (χ2v) is 9.29. The number of quaternary nitrogens is 1. The molecule has 3 N–H and O–H groups in total. The number of likely N-dealkylation sites (N-methyl/N-ethyl adjacent to an activating group) is 1. The molecule has 0 rings (SSSR count). The molecule has 0 aliphatic heterocycles. The molecule has 0 heterocycles. The zero-order chi connectivity index (χ0) is 23.4. The number of nitrogens with zero attached hydrogens (tertiary/aromatic N) is 1. The van der Waals surface area contributed by atoms with Crippen molar-refractivity contribution in [1.82, 2.24) is 5.32 Å². The van der Waals surface area contributed by atoms with Gasteiger partial charge in [-0.25, -0.2) is 9.59 Å². The van der Waals surface area contributed by atoms with E-state index < -0.39 is 23.1 Å². The molecule has 0 saturated carbocycles. The summed E-state index contributed by atoms with van der Waals surface area (Å²) in [5.41, 5.74) is -3.11. The molecular weight excluding hydrogens is 384 g/mol. The van der Waals surface area contributed by atoms with E-state index in [1.165, 1.54) is 45.4 Å². The highest BCUT2D eigenvalue weighted by Crippen LogP contribution is 2.34. The van der Waals surface area contributed by atoms with Gasteiger partial charge in [-0.1, -0.05) is 65.2 Å². The van der Waals surface area contributed by atoms with Crippen molar-refractivity contribution in [2.45, 2.75) is 116 Å². The number of nitrogens with one attached hydrogen (secondary N) is 1. The predicted molar refractivity (Wildman–Crippen MR) is 119 cm³/mol. The van der Waals surface area contributed by atoms with Gasteiger partial charge in [0.15, 0.2) is 5.66 Å². The second-order valence-electron chi connectivity index (χ2n) is 9.29. The van der Waals surface area contributed by atoms with Crippen molar-refractivity contribution < 1.29 is 29.1 Å². The quantitative estimate of drug-likeness (QED) is 0.136. The first-order chi connectivity index (χ1) is 13.9. The Balaban J connectivity index is 4.87. The first-order valence-electron chi connectivity index (χ1n) is 11.5. The number of carbonyl (C=O) groups excluding carboxylic acids is 1. The number of amides is 1. The van der Waals surface area contributed by atoms with Crippen molar-refractivity contribution in [3.8, 4) is 0 Å². The summed E-state index contributed by atoms with van der Waals surface area (Å²) in [5.74, 6) is -3.00. The summed E-state index contributed by atoms with van der Waals surface area (Å²) in [6.07, 6.45) is 12.0. The molecule has 0 fully saturated rings. The van der Waals surface area contributed by atoms with Gasteiger partial charge in [-0.15, -0.1) is 0 Å². The zero-order valence-corrected chi connectivity index (χ0v) is 20.1. The lowest BCUT2D eigenvalue weighted by Crippen LogP contribution is -2.78. The topological polar surface area (TPSA) is 104 Å². The van der Waals surface area contributed by atoms with Crippen molar-refractivity contribution >= 4 is 17.8 Å². The summed E-state index contributed by atoms with van der Waals surface area (Å²) in [6, 6.07) is 0. The van der Waals surface area contributed by atoms with Crippen LogP contribution < -0.4 is 5.32 Å². The van der Waals surface area contributed by atoms with Gasteiger partial charge in [0.2, 0.25) is 5.91 Å². The van der Waals surface area contributed by atoms with E-state index >= 15 is 0 Å². The number of carboxylic acids is 2. The van der Waals surface area contributed by atoms with Crippen LogP contribution in [-0.2, 0) is 14.4 Å². The van der Waals surface area contributed by atoms with Crippen LogP contribution in [-0.4, -0.2) is 57.8 Å². The Kier molecular flexibility index (Phi) is 12.2. The largest absolute Gasteiger partial charge is 0.476 e. The van der Waals surface area contributed by atoms with E-state index in [1.54, 1.807) is 21.0 Å². The Morgan fingerprint density at radius 1 is 0.767 bits per heavy atom. The molecular formula is C23H45N2O5+. The fourth-order valence-corrected chi connectivity index (χ4v) is 3.99. The molecule has 0 radical (unpaired) electrons. The van der Waals surface area contributed by atoms with Gasteiger partial charge in [0.1, 0.15) is 0 Å². The van der Waals surface area contributed by atoms with Gasteiger partial charge in [0.25, 0.3) is 5.54 Å². The molecule has 7 nitrogen and oxygen atoms in total. The molecule has 0 aromatic heterocycles.